The fourth-order valence-corrected chi connectivity index (χ4v) is 3.45. The summed E-state index contributed by atoms with van der Waals surface area (Å²) in [4.78, 5) is 25.9. The average Bonchev–Trinajstić information content (AvgIpc) is 2.81. The van der Waals surface area contributed by atoms with Gasteiger partial charge in [-0.3, -0.25) is 9.69 Å². The van der Waals surface area contributed by atoms with Crippen LogP contribution in [0, 0.1) is 11.7 Å². The SMILES string of the molecule is CC1CCC2(CC1)NC(=O)N(C[C@H](O)COc1ccccc1F)C2=O. The van der Waals surface area contributed by atoms with E-state index in [1.165, 1.54) is 18.2 Å². The number of carbonyl (C=O) groups is 2. The quantitative estimate of drug-likeness (QED) is 0.797. The number of ether oxygens (including phenoxy) is 1. The molecule has 1 saturated carbocycles. The number of β-amino-alcohol motifs (C(OH)–C–C–N with tert-alkyl or cyclic N) is 1. The van der Waals surface area contributed by atoms with Crippen LogP contribution in [0.15, 0.2) is 24.3 Å². The third-order valence-corrected chi connectivity index (χ3v) is 5.03. The molecule has 1 atom stereocenters. The van der Waals surface area contributed by atoms with Crippen LogP contribution in [-0.4, -0.2) is 46.7 Å². The highest BCUT2D eigenvalue weighted by Gasteiger charge is 2.52. The van der Waals surface area contributed by atoms with Crippen molar-refractivity contribution >= 4 is 11.9 Å². The number of imide groups is 1. The van der Waals surface area contributed by atoms with Crippen molar-refractivity contribution in [3.63, 3.8) is 0 Å². The minimum absolute atomic E-state index is 0.0245. The molecule has 0 bridgehead atoms. The number of nitrogens with one attached hydrogen (secondary N) is 1. The first-order valence-corrected chi connectivity index (χ1v) is 8.61. The first kappa shape index (κ1) is 17.7. The lowest BCUT2D eigenvalue weighted by atomic mass is 9.77. The average molecular weight is 350 g/mol. The van der Waals surface area contributed by atoms with E-state index in [9.17, 15) is 19.1 Å². The number of carbonyl (C=O) groups excluding carboxylic acids is 2. The van der Waals surface area contributed by atoms with Crippen molar-refractivity contribution < 1.29 is 23.8 Å². The molecule has 1 aromatic rings. The molecule has 0 unspecified atom stereocenters. The largest absolute Gasteiger partial charge is 0.488 e. The smallest absolute Gasteiger partial charge is 0.325 e. The molecule has 2 fully saturated rings. The summed E-state index contributed by atoms with van der Waals surface area (Å²) in [6.45, 7) is 1.76. The number of benzene rings is 1. The number of nitrogens with zero attached hydrogens (tertiary/aromatic N) is 1. The van der Waals surface area contributed by atoms with E-state index in [-0.39, 0.29) is 24.8 Å². The highest BCUT2D eigenvalue weighted by molar-refractivity contribution is 6.07. The maximum Gasteiger partial charge on any atom is 0.325 e. The Labute approximate surface area is 146 Å². The molecule has 136 valence electrons. The Morgan fingerprint density at radius 2 is 2.04 bits per heavy atom. The van der Waals surface area contributed by atoms with Gasteiger partial charge in [0.25, 0.3) is 5.91 Å². The van der Waals surface area contributed by atoms with Gasteiger partial charge in [0.05, 0.1) is 6.54 Å². The van der Waals surface area contributed by atoms with E-state index in [0.717, 1.165) is 17.7 Å². The molecule has 3 rings (SSSR count). The number of para-hydroxylation sites is 1. The number of amides is 3. The first-order chi connectivity index (χ1) is 11.9. The van der Waals surface area contributed by atoms with Crippen LogP contribution >= 0.6 is 0 Å². The topological polar surface area (TPSA) is 78.9 Å². The minimum atomic E-state index is -1.09. The summed E-state index contributed by atoms with van der Waals surface area (Å²) >= 11 is 0. The van der Waals surface area contributed by atoms with Gasteiger partial charge in [-0.1, -0.05) is 19.1 Å². The molecule has 1 aromatic carbocycles. The van der Waals surface area contributed by atoms with Gasteiger partial charge in [-0.05, 0) is 43.7 Å². The summed E-state index contributed by atoms with van der Waals surface area (Å²) in [5.41, 5.74) is -0.824. The van der Waals surface area contributed by atoms with Gasteiger partial charge in [0, 0.05) is 0 Å². The van der Waals surface area contributed by atoms with Crippen molar-refractivity contribution in [1.29, 1.82) is 0 Å². The zero-order valence-corrected chi connectivity index (χ0v) is 14.2. The van der Waals surface area contributed by atoms with Crippen molar-refractivity contribution in [2.75, 3.05) is 13.2 Å². The molecule has 0 radical (unpaired) electrons. The number of hydrogen-bond donors (Lipinski definition) is 2. The standard InChI is InChI=1S/C18H23FN2O4/c1-12-6-8-18(9-7-12)16(23)21(17(24)20-18)10-13(22)11-25-15-5-3-2-4-14(15)19/h2-5,12-13,22H,6-11H2,1H3,(H,20,24)/t12?,13-,18?/m0/s1. The van der Waals surface area contributed by atoms with Crippen molar-refractivity contribution in [3.8, 4) is 5.75 Å². The first-order valence-electron chi connectivity index (χ1n) is 8.61. The van der Waals surface area contributed by atoms with E-state index < -0.39 is 23.5 Å². The van der Waals surface area contributed by atoms with Gasteiger partial charge in [-0.25, -0.2) is 9.18 Å². The molecular formula is C18H23FN2O4. The molecule has 25 heavy (non-hydrogen) atoms. The summed E-state index contributed by atoms with van der Waals surface area (Å²) in [5.74, 6) is -0.241. The number of hydrogen-bond acceptors (Lipinski definition) is 4. The second-order valence-corrected chi connectivity index (χ2v) is 7.01. The monoisotopic (exact) mass is 350 g/mol. The second-order valence-electron chi connectivity index (χ2n) is 7.01. The lowest BCUT2D eigenvalue weighted by Crippen LogP contribution is -2.49. The molecule has 0 aromatic heterocycles. The number of aliphatic hydroxyl groups is 1. The predicted molar refractivity (Wildman–Crippen MR) is 88.5 cm³/mol. The van der Waals surface area contributed by atoms with Crippen LogP contribution in [0.2, 0.25) is 0 Å². The Morgan fingerprint density at radius 3 is 2.72 bits per heavy atom. The molecule has 7 heteroatoms. The van der Waals surface area contributed by atoms with Crippen LogP contribution in [0.4, 0.5) is 9.18 Å². The Morgan fingerprint density at radius 1 is 1.36 bits per heavy atom. The van der Waals surface area contributed by atoms with Gasteiger partial charge in [0.1, 0.15) is 18.2 Å². The van der Waals surface area contributed by atoms with Crippen molar-refractivity contribution in [3.05, 3.63) is 30.1 Å². The molecule has 6 nitrogen and oxygen atoms in total. The van der Waals surface area contributed by atoms with Gasteiger partial charge in [-0.15, -0.1) is 0 Å². The van der Waals surface area contributed by atoms with Crippen LogP contribution in [-0.2, 0) is 4.79 Å². The van der Waals surface area contributed by atoms with Crippen molar-refractivity contribution in [2.45, 2.75) is 44.2 Å². The Balaban J connectivity index is 1.58. The van der Waals surface area contributed by atoms with Gasteiger partial charge in [0.15, 0.2) is 11.6 Å². The zero-order chi connectivity index (χ0) is 18.0. The Hall–Kier alpha value is -2.15. The van der Waals surface area contributed by atoms with Gasteiger partial charge in [0.2, 0.25) is 0 Å². The van der Waals surface area contributed by atoms with E-state index >= 15 is 0 Å². The van der Waals surface area contributed by atoms with E-state index in [0.29, 0.717) is 18.8 Å². The van der Waals surface area contributed by atoms with Crippen LogP contribution < -0.4 is 10.1 Å². The zero-order valence-electron chi connectivity index (χ0n) is 14.2. The maximum absolute atomic E-state index is 13.5. The summed E-state index contributed by atoms with van der Waals surface area (Å²) < 4.78 is 18.7. The molecule has 1 spiro atoms. The second kappa shape index (κ2) is 7.00. The van der Waals surface area contributed by atoms with Gasteiger partial charge < -0.3 is 15.2 Å². The predicted octanol–water partition coefficient (Wildman–Crippen LogP) is 2.07. The molecule has 1 heterocycles. The van der Waals surface area contributed by atoms with Crippen LogP contribution in [0.3, 0.4) is 0 Å². The van der Waals surface area contributed by atoms with E-state index in [1.54, 1.807) is 6.07 Å². The van der Waals surface area contributed by atoms with E-state index in [4.69, 9.17) is 4.74 Å². The third kappa shape index (κ3) is 3.61. The number of rotatable bonds is 5. The molecule has 2 aliphatic rings. The number of aliphatic hydroxyl groups excluding tert-OH is 1. The lowest BCUT2D eigenvalue weighted by molar-refractivity contribution is -0.133. The lowest BCUT2D eigenvalue weighted by Gasteiger charge is -2.33. The highest BCUT2D eigenvalue weighted by atomic mass is 19.1. The summed E-state index contributed by atoms with van der Waals surface area (Å²) in [7, 11) is 0. The van der Waals surface area contributed by atoms with Crippen molar-refractivity contribution in [2.24, 2.45) is 5.92 Å². The molecule has 1 saturated heterocycles. The number of halogens is 1. The molecule has 3 amide bonds. The van der Waals surface area contributed by atoms with Gasteiger partial charge >= 0.3 is 6.03 Å². The fourth-order valence-electron chi connectivity index (χ4n) is 3.45. The maximum atomic E-state index is 13.5. The Kier molecular flexibility index (Phi) is 4.94. The normalized spacial score (nSPS) is 27.5. The van der Waals surface area contributed by atoms with Crippen LogP contribution in [0.5, 0.6) is 5.75 Å². The van der Waals surface area contributed by atoms with E-state index in [1.807, 2.05) is 0 Å². The molecule has 1 aliphatic carbocycles. The molecule has 1 aliphatic heterocycles. The van der Waals surface area contributed by atoms with Crippen LogP contribution in [0.1, 0.15) is 32.6 Å². The summed E-state index contributed by atoms with van der Waals surface area (Å²) in [6, 6.07) is 5.39. The molecule has 2 N–H and O–H groups in total. The van der Waals surface area contributed by atoms with Gasteiger partial charge in [-0.2, -0.15) is 0 Å². The summed E-state index contributed by atoms with van der Waals surface area (Å²) in [6.07, 6.45) is 1.93. The van der Waals surface area contributed by atoms with Crippen molar-refractivity contribution in [1.82, 2.24) is 10.2 Å². The summed E-state index contributed by atoms with van der Waals surface area (Å²) in [5, 5.41) is 12.9. The third-order valence-electron chi connectivity index (χ3n) is 5.03. The Bertz CT molecular complexity index is 658. The highest BCUT2D eigenvalue weighted by Crippen LogP contribution is 2.36. The van der Waals surface area contributed by atoms with Crippen LogP contribution in [0.25, 0.3) is 0 Å². The van der Waals surface area contributed by atoms with E-state index in [2.05, 4.69) is 12.2 Å². The molecular weight excluding hydrogens is 327 g/mol. The number of urea groups is 1. The fraction of sp³-hybridized carbons (Fsp3) is 0.556. The minimum Gasteiger partial charge on any atom is -0.488 e.